The van der Waals surface area contributed by atoms with Gasteiger partial charge in [0.2, 0.25) is 5.95 Å². The first-order valence-electron chi connectivity index (χ1n) is 6.43. The number of nitrogens with zero attached hydrogens (tertiary/aromatic N) is 3. The molecule has 1 aromatic rings. The molecule has 0 atom stereocenters. The highest BCUT2D eigenvalue weighted by molar-refractivity contribution is 7.98. The molecule has 1 aromatic heterocycles. The number of aromatic nitrogens is 2. The van der Waals surface area contributed by atoms with Gasteiger partial charge < -0.3 is 10.5 Å². The number of nitrogens with two attached hydrogens (primary N) is 1. The molecule has 0 saturated carbocycles. The molecule has 106 valence electrons. The molecule has 0 aromatic carbocycles. The van der Waals surface area contributed by atoms with Crippen LogP contribution >= 0.6 is 11.8 Å². The third-order valence-electron chi connectivity index (χ3n) is 2.65. The first-order valence-corrected chi connectivity index (χ1v) is 7.82. The van der Waals surface area contributed by atoms with Crippen molar-refractivity contribution in [3.05, 3.63) is 6.20 Å². The van der Waals surface area contributed by atoms with Gasteiger partial charge in [-0.25, -0.2) is 9.98 Å². The predicted molar refractivity (Wildman–Crippen MR) is 82.6 cm³/mol. The standard InChI is InChI=1S/C13H22N4OS/c1-4-5-6-10(7-8-19-3)16-12-11(18-2)9-15-13(14)17-12/h9H,4-8H2,1-3H3,(H2,14,15,17). The Morgan fingerprint density at radius 2 is 2.26 bits per heavy atom. The molecular formula is C13H22N4OS. The first-order chi connectivity index (χ1) is 9.21. The monoisotopic (exact) mass is 282 g/mol. The number of aliphatic imine (C=N–C) groups is 1. The summed E-state index contributed by atoms with van der Waals surface area (Å²) in [5, 5.41) is 0. The summed E-state index contributed by atoms with van der Waals surface area (Å²) in [5.41, 5.74) is 6.75. The van der Waals surface area contributed by atoms with Crippen molar-refractivity contribution in [3.63, 3.8) is 0 Å². The molecule has 0 amide bonds. The van der Waals surface area contributed by atoms with Crippen LogP contribution in [0.4, 0.5) is 11.8 Å². The highest BCUT2D eigenvalue weighted by Crippen LogP contribution is 2.25. The van der Waals surface area contributed by atoms with E-state index < -0.39 is 0 Å². The van der Waals surface area contributed by atoms with E-state index in [1.165, 1.54) is 0 Å². The number of methoxy groups -OCH3 is 1. The van der Waals surface area contributed by atoms with Crippen LogP contribution in [0.1, 0.15) is 32.6 Å². The maximum atomic E-state index is 5.61. The smallest absolute Gasteiger partial charge is 0.222 e. The maximum absolute atomic E-state index is 5.61. The fourth-order valence-corrected chi connectivity index (χ4v) is 2.03. The Hall–Kier alpha value is -1.30. The predicted octanol–water partition coefficient (Wildman–Crippen LogP) is 3.08. The minimum atomic E-state index is 0.222. The van der Waals surface area contributed by atoms with E-state index in [0.29, 0.717) is 11.6 Å². The second-order valence-corrected chi connectivity index (χ2v) is 5.13. The lowest BCUT2D eigenvalue weighted by Gasteiger charge is -2.08. The fourth-order valence-electron chi connectivity index (χ4n) is 1.59. The van der Waals surface area contributed by atoms with E-state index in [1.807, 2.05) is 11.8 Å². The molecule has 0 spiro atoms. The van der Waals surface area contributed by atoms with Crippen LogP contribution in [0.2, 0.25) is 0 Å². The first kappa shape index (κ1) is 15.8. The number of ether oxygens (including phenoxy) is 1. The number of nitrogen functional groups attached to an aromatic ring is 1. The Morgan fingerprint density at radius 1 is 1.47 bits per heavy atom. The van der Waals surface area contributed by atoms with Gasteiger partial charge in [-0.05, 0) is 31.3 Å². The second kappa shape index (κ2) is 8.74. The van der Waals surface area contributed by atoms with Crippen LogP contribution in [0.5, 0.6) is 5.75 Å². The molecule has 0 radical (unpaired) electrons. The third-order valence-corrected chi connectivity index (χ3v) is 3.26. The average Bonchev–Trinajstić information content (AvgIpc) is 2.42. The van der Waals surface area contributed by atoms with Crippen molar-refractivity contribution >= 4 is 29.2 Å². The molecule has 6 heteroatoms. The van der Waals surface area contributed by atoms with Gasteiger partial charge >= 0.3 is 0 Å². The van der Waals surface area contributed by atoms with Gasteiger partial charge in [-0.1, -0.05) is 13.3 Å². The van der Waals surface area contributed by atoms with Gasteiger partial charge in [0.1, 0.15) is 0 Å². The van der Waals surface area contributed by atoms with Crippen LogP contribution in [0.3, 0.4) is 0 Å². The molecule has 0 aliphatic rings. The lowest BCUT2D eigenvalue weighted by atomic mass is 10.1. The Balaban J connectivity index is 2.94. The maximum Gasteiger partial charge on any atom is 0.222 e. The summed E-state index contributed by atoms with van der Waals surface area (Å²) < 4.78 is 5.22. The van der Waals surface area contributed by atoms with E-state index in [9.17, 15) is 0 Å². The number of rotatable bonds is 8. The minimum Gasteiger partial charge on any atom is -0.491 e. The number of unbranched alkanes of at least 4 members (excludes halogenated alkanes) is 1. The van der Waals surface area contributed by atoms with Gasteiger partial charge in [0.15, 0.2) is 11.6 Å². The van der Waals surface area contributed by atoms with Crippen LogP contribution in [-0.2, 0) is 0 Å². The number of thioether (sulfide) groups is 1. The zero-order valence-electron chi connectivity index (χ0n) is 11.8. The van der Waals surface area contributed by atoms with Crippen LogP contribution in [0.25, 0.3) is 0 Å². The third kappa shape index (κ3) is 5.46. The van der Waals surface area contributed by atoms with Crippen molar-refractivity contribution in [3.8, 4) is 5.75 Å². The molecule has 0 bridgehead atoms. The van der Waals surface area contributed by atoms with Crippen molar-refractivity contribution in [2.45, 2.75) is 32.6 Å². The summed E-state index contributed by atoms with van der Waals surface area (Å²) in [6, 6.07) is 0. The van der Waals surface area contributed by atoms with E-state index in [0.717, 1.165) is 37.1 Å². The Labute approximate surface area is 119 Å². The molecule has 0 aliphatic heterocycles. The molecule has 0 fully saturated rings. The Kier molecular flexibility index (Phi) is 7.25. The SMILES string of the molecule is CCCCC(CCSC)=Nc1nc(N)ncc1OC. The van der Waals surface area contributed by atoms with Crippen LogP contribution < -0.4 is 10.5 Å². The van der Waals surface area contributed by atoms with E-state index in [4.69, 9.17) is 10.5 Å². The van der Waals surface area contributed by atoms with Crippen molar-refractivity contribution in [2.75, 3.05) is 24.9 Å². The summed E-state index contributed by atoms with van der Waals surface area (Å²) in [7, 11) is 1.58. The minimum absolute atomic E-state index is 0.222. The normalized spacial score (nSPS) is 11.6. The second-order valence-electron chi connectivity index (χ2n) is 4.14. The molecule has 19 heavy (non-hydrogen) atoms. The average molecular weight is 282 g/mol. The molecular weight excluding hydrogens is 260 g/mol. The molecule has 0 unspecified atom stereocenters. The fraction of sp³-hybridized carbons (Fsp3) is 0.615. The zero-order chi connectivity index (χ0) is 14.1. The molecule has 1 rings (SSSR count). The van der Waals surface area contributed by atoms with Crippen molar-refractivity contribution in [2.24, 2.45) is 4.99 Å². The molecule has 1 heterocycles. The van der Waals surface area contributed by atoms with E-state index in [-0.39, 0.29) is 5.95 Å². The van der Waals surface area contributed by atoms with Crippen LogP contribution in [0, 0.1) is 0 Å². The Bertz CT molecular complexity index is 413. The lowest BCUT2D eigenvalue weighted by Crippen LogP contribution is -2.02. The van der Waals surface area contributed by atoms with Gasteiger partial charge in [0.25, 0.3) is 0 Å². The van der Waals surface area contributed by atoms with Gasteiger partial charge in [-0.3, -0.25) is 0 Å². The van der Waals surface area contributed by atoms with Gasteiger partial charge in [-0.15, -0.1) is 0 Å². The van der Waals surface area contributed by atoms with Crippen molar-refractivity contribution in [1.29, 1.82) is 0 Å². The zero-order valence-corrected chi connectivity index (χ0v) is 12.7. The topological polar surface area (TPSA) is 73.4 Å². The molecule has 5 nitrogen and oxygen atoms in total. The molecule has 2 N–H and O–H groups in total. The number of hydrogen-bond donors (Lipinski definition) is 1. The summed E-state index contributed by atoms with van der Waals surface area (Å²) in [6.45, 7) is 2.18. The number of hydrogen-bond acceptors (Lipinski definition) is 6. The van der Waals surface area contributed by atoms with Crippen molar-refractivity contribution < 1.29 is 4.74 Å². The highest BCUT2D eigenvalue weighted by atomic mass is 32.2. The summed E-state index contributed by atoms with van der Waals surface area (Å²) in [5.74, 6) is 2.37. The lowest BCUT2D eigenvalue weighted by molar-refractivity contribution is 0.412. The van der Waals surface area contributed by atoms with Crippen LogP contribution in [0.15, 0.2) is 11.2 Å². The summed E-state index contributed by atoms with van der Waals surface area (Å²) >= 11 is 1.82. The number of anilines is 1. The van der Waals surface area contributed by atoms with Gasteiger partial charge in [-0.2, -0.15) is 16.7 Å². The van der Waals surface area contributed by atoms with Crippen molar-refractivity contribution in [1.82, 2.24) is 9.97 Å². The van der Waals surface area contributed by atoms with Crippen LogP contribution in [-0.4, -0.2) is 34.8 Å². The quantitative estimate of drug-likeness (QED) is 0.742. The largest absolute Gasteiger partial charge is 0.491 e. The summed E-state index contributed by atoms with van der Waals surface area (Å²) in [4.78, 5) is 12.7. The van der Waals surface area contributed by atoms with E-state index >= 15 is 0 Å². The molecule has 0 saturated heterocycles. The summed E-state index contributed by atoms with van der Waals surface area (Å²) in [6.07, 6.45) is 7.91. The van der Waals surface area contributed by atoms with Gasteiger partial charge in [0, 0.05) is 5.71 Å². The molecule has 0 aliphatic carbocycles. The van der Waals surface area contributed by atoms with E-state index in [1.54, 1.807) is 13.3 Å². The van der Waals surface area contributed by atoms with Gasteiger partial charge in [0.05, 0.1) is 13.3 Å². The Morgan fingerprint density at radius 3 is 2.89 bits per heavy atom. The van der Waals surface area contributed by atoms with E-state index in [2.05, 4.69) is 28.1 Å². The highest BCUT2D eigenvalue weighted by Gasteiger charge is 2.07.